The zero-order valence-corrected chi connectivity index (χ0v) is 9.80. The Labute approximate surface area is 100 Å². The summed E-state index contributed by atoms with van der Waals surface area (Å²) in [6, 6.07) is 3.31. The standard InChI is InChI=1S/C12H16N2O3/c1-3-7-14(8-9-15)12(16)10-5-4-6-13-11(10)17-2/h3-6,15H,1,7-9H2,2H3. The van der Waals surface area contributed by atoms with E-state index in [2.05, 4.69) is 11.6 Å². The molecule has 1 heterocycles. The lowest BCUT2D eigenvalue weighted by atomic mass is 10.2. The first kappa shape index (κ1) is 13.2. The fraction of sp³-hybridized carbons (Fsp3) is 0.333. The van der Waals surface area contributed by atoms with Gasteiger partial charge in [0.2, 0.25) is 5.88 Å². The fourth-order valence-electron chi connectivity index (χ4n) is 1.44. The molecule has 1 amide bonds. The highest BCUT2D eigenvalue weighted by atomic mass is 16.5. The Morgan fingerprint density at radius 1 is 1.71 bits per heavy atom. The average molecular weight is 236 g/mol. The van der Waals surface area contributed by atoms with Crippen LogP contribution in [0.4, 0.5) is 0 Å². The molecule has 0 atom stereocenters. The first-order valence-corrected chi connectivity index (χ1v) is 5.24. The molecule has 1 aromatic heterocycles. The van der Waals surface area contributed by atoms with E-state index in [0.29, 0.717) is 12.1 Å². The van der Waals surface area contributed by atoms with Crippen molar-refractivity contribution < 1.29 is 14.6 Å². The molecule has 0 aliphatic heterocycles. The van der Waals surface area contributed by atoms with Gasteiger partial charge < -0.3 is 14.7 Å². The minimum absolute atomic E-state index is 0.0951. The lowest BCUT2D eigenvalue weighted by molar-refractivity contribution is 0.0738. The SMILES string of the molecule is C=CCN(CCO)C(=O)c1cccnc1OC. The molecule has 92 valence electrons. The van der Waals surface area contributed by atoms with E-state index in [-0.39, 0.29) is 24.9 Å². The van der Waals surface area contributed by atoms with Gasteiger partial charge in [0.1, 0.15) is 5.56 Å². The normalized spacial score (nSPS) is 9.76. The molecule has 5 nitrogen and oxygen atoms in total. The summed E-state index contributed by atoms with van der Waals surface area (Å²) in [6.07, 6.45) is 3.16. The van der Waals surface area contributed by atoms with Crippen molar-refractivity contribution in [1.82, 2.24) is 9.88 Å². The topological polar surface area (TPSA) is 62.7 Å². The zero-order chi connectivity index (χ0) is 12.7. The molecule has 0 aliphatic rings. The van der Waals surface area contributed by atoms with E-state index in [1.54, 1.807) is 24.4 Å². The van der Waals surface area contributed by atoms with Crippen LogP contribution in [0, 0.1) is 0 Å². The van der Waals surface area contributed by atoms with Gasteiger partial charge in [-0.3, -0.25) is 4.79 Å². The van der Waals surface area contributed by atoms with Gasteiger partial charge in [-0.2, -0.15) is 0 Å². The van der Waals surface area contributed by atoms with E-state index in [1.807, 2.05) is 0 Å². The summed E-state index contributed by atoms with van der Waals surface area (Å²) in [6.45, 7) is 4.11. The number of aromatic nitrogens is 1. The summed E-state index contributed by atoms with van der Waals surface area (Å²) in [4.78, 5) is 17.6. The Morgan fingerprint density at radius 2 is 2.47 bits per heavy atom. The molecule has 0 aromatic carbocycles. The van der Waals surface area contributed by atoms with E-state index in [9.17, 15) is 4.79 Å². The smallest absolute Gasteiger partial charge is 0.259 e. The van der Waals surface area contributed by atoms with Gasteiger partial charge in [-0.05, 0) is 12.1 Å². The second-order valence-electron chi connectivity index (χ2n) is 3.32. The van der Waals surface area contributed by atoms with E-state index < -0.39 is 0 Å². The number of carbonyl (C=O) groups excluding carboxylic acids is 1. The van der Waals surface area contributed by atoms with Crippen LogP contribution in [0.2, 0.25) is 0 Å². The highest BCUT2D eigenvalue weighted by Crippen LogP contribution is 2.15. The van der Waals surface area contributed by atoms with Gasteiger partial charge in [-0.15, -0.1) is 6.58 Å². The van der Waals surface area contributed by atoms with Crippen LogP contribution >= 0.6 is 0 Å². The largest absolute Gasteiger partial charge is 0.480 e. The lowest BCUT2D eigenvalue weighted by Gasteiger charge is -2.20. The fourth-order valence-corrected chi connectivity index (χ4v) is 1.44. The molecular weight excluding hydrogens is 220 g/mol. The summed E-state index contributed by atoms with van der Waals surface area (Å²) in [7, 11) is 1.46. The van der Waals surface area contributed by atoms with Crippen LogP contribution in [0.5, 0.6) is 5.88 Å². The average Bonchev–Trinajstić information content (AvgIpc) is 2.37. The number of amides is 1. The molecule has 0 saturated carbocycles. The summed E-state index contributed by atoms with van der Waals surface area (Å²) >= 11 is 0. The second-order valence-corrected chi connectivity index (χ2v) is 3.32. The minimum Gasteiger partial charge on any atom is -0.480 e. The van der Waals surface area contributed by atoms with Crippen LogP contribution < -0.4 is 4.74 Å². The number of aliphatic hydroxyl groups excluding tert-OH is 1. The number of rotatable bonds is 6. The first-order chi connectivity index (χ1) is 8.24. The number of hydrogen-bond donors (Lipinski definition) is 1. The molecule has 0 unspecified atom stereocenters. The van der Waals surface area contributed by atoms with E-state index in [4.69, 9.17) is 9.84 Å². The molecule has 17 heavy (non-hydrogen) atoms. The van der Waals surface area contributed by atoms with Crippen molar-refractivity contribution in [3.05, 3.63) is 36.5 Å². The van der Waals surface area contributed by atoms with Crippen molar-refractivity contribution in [1.29, 1.82) is 0 Å². The van der Waals surface area contributed by atoms with Crippen molar-refractivity contribution in [2.75, 3.05) is 26.8 Å². The number of nitrogens with zero attached hydrogens (tertiary/aromatic N) is 2. The molecule has 5 heteroatoms. The molecular formula is C12H16N2O3. The zero-order valence-electron chi connectivity index (χ0n) is 9.80. The third-order valence-corrected chi connectivity index (χ3v) is 2.20. The van der Waals surface area contributed by atoms with Gasteiger partial charge in [-0.25, -0.2) is 4.98 Å². The monoisotopic (exact) mass is 236 g/mol. The predicted molar refractivity (Wildman–Crippen MR) is 64.0 cm³/mol. The summed E-state index contributed by atoms with van der Waals surface area (Å²) in [5, 5.41) is 8.91. The molecule has 0 aliphatic carbocycles. The maximum absolute atomic E-state index is 12.2. The highest BCUT2D eigenvalue weighted by molar-refractivity contribution is 5.96. The van der Waals surface area contributed by atoms with Gasteiger partial charge in [0.25, 0.3) is 5.91 Å². The number of carbonyl (C=O) groups is 1. The van der Waals surface area contributed by atoms with Crippen LogP contribution in [-0.2, 0) is 0 Å². The predicted octanol–water partition coefficient (Wildman–Crippen LogP) is 0.711. The Balaban J connectivity index is 2.95. The van der Waals surface area contributed by atoms with E-state index in [1.165, 1.54) is 12.0 Å². The Kier molecular flexibility index (Phi) is 5.16. The van der Waals surface area contributed by atoms with Gasteiger partial charge >= 0.3 is 0 Å². The molecule has 0 spiro atoms. The lowest BCUT2D eigenvalue weighted by Crippen LogP contribution is -2.34. The van der Waals surface area contributed by atoms with Gasteiger partial charge in [-0.1, -0.05) is 6.08 Å². The quantitative estimate of drug-likeness (QED) is 0.739. The minimum atomic E-state index is -0.232. The van der Waals surface area contributed by atoms with Crippen LogP contribution in [0.25, 0.3) is 0 Å². The summed E-state index contributed by atoms with van der Waals surface area (Å²) in [5.74, 6) is 0.0494. The second kappa shape index (κ2) is 6.65. The van der Waals surface area contributed by atoms with Crippen molar-refractivity contribution in [2.45, 2.75) is 0 Å². The number of ether oxygens (including phenoxy) is 1. The summed E-state index contributed by atoms with van der Waals surface area (Å²) < 4.78 is 5.03. The van der Waals surface area contributed by atoms with E-state index in [0.717, 1.165) is 0 Å². The van der Waals surface area contributed by atoms with Gasteiger partial charge in [0, 0.05) is 19.3 Å². The van der Waals surface area contributed by atoms with Crippen LogP contribution in [-0.4, -0.2) is 47.7 Å². The Hall–Kier alpha value is -1.88. The molecule has 0 radical (unpaired) electrons. The highest BCUT2D eigenvalue weighted by Gasteiger charge is 2.18. The first-order valence-electron chi connectivity index (χ1n) is 5.24. The number of hydrogen-bond acceptors (Lipinski definition) is 4. The van der Waals surface area contributed by atoms with E-state index >= 15 is 0 Å². The Morgan fingerprint density at radius 3 is 3.06 bits per heavy atom. The van der Waals surface area contributed by atoms with Crippen molar-refractivity contribution in [2.24, 2.45) is 0 Å². The molecule has 0 saturated heterocycles. The number of methoxy groups -OCH3 is 1. The van der Waals surface area contributed by atoms with Crippen molar-refractivity contribution >= 4 is 5.91 Å². The number of pyridine rings is 1. The van der Waals surface area contributed by atoms with Crippen LogP contribution in [0.3, 0.4) is 0 Å². The van der Waals surface area contributed by atoms with Crippen LogP contribution in [0.1, 0.15) is 10.4 Å². The maximum atomic E-state index is 12.2. The Bertz CT molecular complexity index is 393. The van der Waals surface area contributed by atoms with Gasteiger partial charge in [0.15, 0.2) is 0 Å². The molecule has 1 rings (SSSR count). The van der Waals surface area contributed by atoms with Crippen LogP contribution in [0.15, 0.2) is 31.0 Å². The maximum Gasteiger partial charge on any atom is 0.259 e. The molecule has 1 aromatic rings. The molecule has 0 bridgehead atoms. The number of aliphatic hydroxyl groups is 1. The third kappa shape index (κ3) is 3.29. The summed E-state index contributed by atoms with van der Waals surface area (Å²) in [5.41, 5.74) is 0.380. The van der Waals surface area contributed by atoms with Gasteiger partial charge in [0.05, 0.1) is 13.7 Å². The molecule has 1 N–H and O–H groups in total. The third-order valence-electron chi connectivity index (χ3n) is 2.20. The van der Waals surface area contributed by atoms with Crippen molar-refractivity contribution in [3.63, 3.8) is 0 Å². The molecule has 0 fully saturated rings. The van der Waals surface area contributed by atoms with Crippen molar-refractivity contribution in [3.8, 4) is 5.88 Å².